The highest BCUT2D eigenvalue weighted by molar-refractivity contribution is 5.96. The van der Waals surface area contributed by atoms with Crippen molar-refractivity contribution in [3.8, 4) is 11.5 Å². The molecule has 1 unspecified atom stereocenters. The van der Waals surface area contributed by atoms with Crippen LogP contribution < -0.4 is 14.8 Å². The van der Waals surface area contributed by atoms with E-state index in [1.807, 2.05) is 19.2 Å². The van der Waals surface area contributed by atoms with E-state index in [9.17, 15) is 4.79 Å². The number of hydrogen-bond acceptors (Lipinski definition) is 7. The Hall–Kier alpha value is -2.54. The van der Waals surface area contributed by atoms with Crippen LogP contribution in [0.4, 0.5) is 5.69 Å². The molecule has 1 atom stereocenters. The zero-order valence-corrected chi connectivity index (χ0v) is 17.2. The summed E-state index contributed by atoms with van der Waals surface area (Å²) in [7, 11) is 3.52. The van der Waals surface area contributed by atoms with Crippen LogP contribution in [0.15, 0.2) is 12.1 Å². The summed E-state index contributed by atoms with van der Waals surface area (Å²) in [4.78, 5) is 18.2. The third kappa shape index (κ3) is 3.96. The monoisotopic (exact) mass is 399 g/mol. The van der Waals surface area contributed by atoms with Gasteiger partial charge < -0.3 is 24.4 Å². The number of fused-ring (bicyclic) bond motifs is 2. The van der Waals surface area contributed by atoms with Crippen molar-refractivity contribution >= 4 is 23.1 Å². The first-order valence-corrected chi connectivity index (χ1v) is 10.4. The Balaban J connectivity index is 1.59. The number of pyridine rings is 1. The molecule has 156 valence electrons. The van der Waals surface area contributed by atoms with Gasteiger partial charge in [0.15, 0.2) is 11.5 Å². The molecule has 29 heavy (non-hydrogen) atoms. The lowest BCUT2D eigenvalue weighted by Crippen LogP contribution is -2.21. The van der Waals surface area contributed by atoms with Gasteiger partial charge in [0.25, 0.3) is 6.47 Å². The first kappa shape index (κ1) is 19.8. The van der Waals surface area contributed by atoms with E-state index in [0.717, 1.165) is 59.4 Å². The Morgan fingerprint density at radius 3 is 2.83 bits per heavy atom. The second-order valence-corrected chi connectivity index (χ2v) is 7.63. The molecule has 2 heterocycles. The maximum absolute atomic E-state index is 10.9. The molecule has 0 spiro atoms. The summed E-state index contributed by atoms with van der Waals surface area (Å²) in [6.07, 6.45) is 4.89. The minimum Gasteiger partial charge on any atom is -0.493 e. The molecule has 2 aliphatic rings. The van der Waals surface area contributed by atoms with Crippen molar-refractivity contribution in [2.24, 2.45) is 0 Å². The van der Waals surface area contributed by atoms with Crippen molar-refractivity contribution in [1.82, 2.24) is 9.88 Å². The molecule has 0 bridgehead atoms. The minimum atomic E-state index is -0.255. The number of aromatic nitrogens is 1. The number of ether oxygens (including phenoxy) is 3. The van der Waals surface area contributed by atoms with Gasteiger partial charge in [0.2, 0.25) is 0 Å². The number of anilines is 1. The number of carbonyl (C=O) groups excluding carboxylic acids is 1. The lowest BCUT2D eigenvalue weighted by molar-refractivity contribution is -0.133. The summed E-state index contributed by atoms with van der Waals surface area (Å²) < 4.78 is 17.0. The van der Waals surface area contributed by atoms with E-state index in [1.54, 1.807) is 7.11 Å². The molecule has 1 aromatic heterocycles. The number of nitrogens with one attached hydrogen (secondary N) is 1. The first-order chi connectivity index (χ1) is 14.2. The molecule has 0 amide bonds. The Morgan fingerprint density at radius 1 is 1.28 bits per heavy atom. The van der Waals surface area contributed by atoms with Gasteiger partial charge in [0.1, 0.15) is 6.10 Å². The molecule has 7 heteroatoms. The standard InChI is InChI=1S/C22H29N3O4/c1-23-22-15-12-19(27-2)20(28-11-5-10-25-8-3-4-9-25)13-17(15)24-16-6-7-18(21(16)22)29-14-26/h12-14,18H,3-11H2,1-2H3,(H,23,24). The molecule has 7 nitrogen and oxygen atoms in total. The number of likely N-dealkylation sites (tertiary alicyclic amines) is 1. The summed E-state index contributed by atoms with van der Waals surface area (Å²) >= 11 is 0. The van der Waals surface area contributed by atoms with Gasteiger partial charge in [0, 0.05) is 30.6 Å². The van der Waals surface area contributed by atoms with Gasteiger partial charge >= 0.3 is 0 Å². The number of hydrogen-bond donors (Lipinski definition) is 1. The maximum Gasteiger partial charge on any atom is 0.293 e. The highest BCUT2D eigenvalue weighted by Gasteiger charge is 2.30. The summed E-state index contributed by atoms with van der Waals surface area (Å²) in [6, 6.07) is 3.92. The fourth-order valence-corrected chi connectivity index (χ4v) is 4.51. The highest BCUT2D eigenvalue weighted by Crippen LogP contribution is 2.43. The molecule has 1 aliphatic carbocycles. The second-order valence-electron chi connectivity index (χ2n) is 7.63. The normalized spacial score (nSPS) is 18.6. The largest absolute Gasteiger partial charge is 0.493 e. The average molecular weight is 399 g/mol. The Morgan fingerprint density at radius 2 is 2.10 bits per heavy atom. The molecule has 4 rings (SSSR count). The van der Waals surface area contributed by atoms with Crippen molar-refractivity contribution < 1.29 is 19.0 Å². The number of nitrogens with zero attached hydrogens (tertiary/aromatic N) is 2. The molecule has 0 radical (unpaired) electrons. The molecule has 0 saturated carbocycles. The average Bonchev–Trinajstić information content (AvgIpc) is 3.39. The van der Waals surface area contributed by atoms with Crippen LogP contribution in [-0.4, -0.2) is 56.8 Å². The zero-order valence-electron chi connectivity index (χ0n) is 17.2. The van der Waals surface area contributed by atoms with E-state index in [2.05, 4.69) is 10.2 Å². The number of benzene rings is 1. The SMILES string of the molecule is CNc1c2c(nc3cc(OCCCN4CCCC4)c(OC)cc13)CCC2OC=O. The lowest BCUT2D eigenvalue weighted by Gasteiger charge is -2.18. The second kappa shape index (κ2) is 8.86. The fourth-order valence-electron chi connectivity index (χ4n) is 4.51. The molecule has 1 saturated heterocycles. The van der Waals surface area contributed by atoms with Crippen LogP contribution >= 0.6 is 0 Å². The van der Waals surface area contributed by atoms with Crippen LogP contribution in [0.25, 0.3) is 10.9 Å². The van der Waals surface area contributed by atoms with Gasteiger partial charge in [0.05, 0.1) is 30.6 Å². The van der Waals surface area contributed by atoms with Crippen LogP contribution in [0.3, 0.4) is 0 Å². The lowest BCUT2D eigenvalue weighted by atomic mass is 10.0. The Labute approximate surface area is 171 Å². The van der Waals surface area contributed by atoms with Crippen LogP contribution in [-0.2, 0) is 16.0 Å². The van der Waals surface area contributed by atoms with Crippen molar-refractivity contribution in [2.45, 2.75) is 38.2 Å². The van der Waals surface area contributed by atoms with E-state index < -0.39 is 0 Å². The minimum absolute atomic E-state index is 0.255. The first-order valence-electron chi connectivity index (χ1n) is 10.4. The van der Waals surface area contributed by atoms with E-state index in [4.69, 9.17) is 19.2 Å². The van der Waals surface area contributed by atoms with Gasteiger partial charge in [-0.1, -0.05) is 0 Å². The van der Waals surface area contributed by atoms with E-state index in [-0.39, 0.29) is 6.10 Å². The van der Waals surface area contributed by atoms with Gasteiger partial charge in [-0.2, -0.15) is 0 Å². The third-order valence-electron chi connectivity index (χ3n) is 5.90. The molecular formula is C22H29N3O4. The number of aryl methyl sites for hydroxylation is 1. The molecule has 1 aromatic carbocycles. The predicted octanol–water partition coefficient (Wildman–Crippen LogP) is 3.31. The van der Waals surface area contributed by atoms with Crippen LogP contribution in [0.1, 0.15) is 43.0 Å². The van der Waals surface area contributed by atoms with Gasteiger partial charge in [-0.05, 0) is 51.3 Å². The van der Waals surface area contributed by atoms with E-state index in [0.29, 0.717) is 18.8 Å². The highest BCUT2D eigenvalue weighted by atomic mass is 16.5. The van der Waals surface area contributed by atoms with Crippen molar-refractivity contribution in [3.63, 3.8) is 0 Å². The maximum atomic E-state index is 10.9. The third-order valence-corrected chi connectivity index (χ3v) is 5.90. The van der Waals surface area contributed by atoms with Crippen LogP contribution in [0.5, 0.6) is 11.5 Å². The summed E-state index contributed by atoms with van der Waals surface area (Å²) in [5, 5.41) is 4.21. The zero-order chi connectivity index (χ0) is 20.2. The number of methoxy groups -OCH3 is 1. The molecule has 1 fully saturated rings. The van der Waals surface area contributed by atoms with Crippen molar-refractivity contribution in [3.05, 3.63) is 23.4 Å². The topological polar surface area (TPSA) is 72.9 Å². The van der Waals surface area contributed by atoms with Gasteiger partial charge in [-0.25, -0.2) is 0 Å². The smallest absolute Gasteiger partial charge is 0.293 e. The Kier molecular flexibility index (Phi) is 6.04. The Bertz CT molecular complexity index is 880. The van der Waals surface area contributed by atoms with Gasteiger partial charge in [-0.15, -0.1) is 0 Å². The van der Waals surface area contributed by atoms with Crippen molar-refractivity contribution in [2.75, 3.05) is 45.7 Å². The quantitative estimate of drug-likeness (QED) is 0.512. The summed E-state index contributed by atoms with van der Waals surface area (Å²) in [5.74, 6) is 1.40. The van der Waals surface area contributed by atoms with E-state index >= 15 is 0 Å². The summed E-state index contributed by atoms with van der Waals surface area (Å²) in [5.41, 5.74) is 3.73. The van der Waals surface area contributed by atoms with Crippen molar-refractivity contribution in [1.29, 1.82) is 0 Å². The molecule has 1 aliphatic heterocycles. The number of rotatable bonds is 9. The van der Waals surface area contributed by atoms with Crippen LogP contribution in [0.2, 0.25) is 0 Å². The number of carbonyl (C=O) groups is 1. The predicted molar refractivity (Wildman–Crippen MR) is 112 cm³/mol. The van der Waals surface area contributed by atoms with E-state index in [1.165, 1.54) is 25.9 Å². The molecule has 2 aromatic rings. The molecule has 1 N–H and O–H groups in total. The molecular weight excluding hydrogens is 370 g/mol. The fraction of sp³-hybridized carbons (Fsp3) is 0.545. The van der Waals surface area contributed by atoms with Gasteiger partial charge in [-0.3, -0.25) is 9.78 Å². The van der Waals surface area contributed by atoms with Crippen LogP contribution in [0, 0.1) is 0 Å². The summed E-state index contributed by atoms with van der Waals surface area (Å²) in [6.45, 7) is 4.65.